The predicted molar refractivity (Wildman–Crippen MR) is 91.1 cm³/mol. The number of nitrogens with zero attached hydrogens (tertiary/aromatic N) is 3. The Morgan fingerprint density at radius 2 is 1.43 bits per heavy atom. The Morgan fingerprint density at radius 1 is 0.870 bits per heavy atom. The summed E-state index contributed by atoms with van der Waals surface area (Å²) in [6.45, 7) is 0. The Balaban J connectivity index is 2.10. The summed E-state index contributed by atoms with van der Waals surface area (Å²) in [6, 6.07) is 15.5. The van der Waals surface area contributed by atoms with Gasteiger partial charge in [0, 0.05) is 14.1 Å². The highest BCUT2D eigenvalue weighted by atomic mass is 32.2. The van der Waals surface area contributed by atoms with E-state index in [1.807, 2.05) is 18.2 Å². The highest BCUT2D eigenvalue weighted by Gasteiger charge is 2.19. The van der Waals surface area contributed by atoms with E-state index in [1.165, 1.54) is 12.1 Å². The van der Waals surface area contributed by atoms with E-state index in [1.54, 1.807) is 43.3 Å². The second-order valence-corrected chi connectivity index (χ2v) is 6.88. The maximum Gasteiger partial charge on any atom is 0.263 e. The van der Waals surface area contributed by atoms with E-state index in [2.05, 4.69) is 14.7 Å². The molecule has 6 nitrogen and oxygen atoms in total. The summed E-state index contributed by atoms with van der Waals surface area (Å²) in [5.41, 5.74) is 1.34. The van der Waals surface area contributed by atoms with E-state index in [0.29, 0.717) is 16.9 Å². The monoisotopic (exact) mass is 328 g/mol. The Morgan fingerprint density at radius 3 is 2.04 bits per heavy atom. The van der Waals surface area contributed by atoms with E-state index >= 15 is 0 Å². The first kappa shape index (κ1) is 15.2. The van der Waals surface area contributed by atoms with Crippen LogP contribution in [0.2, 0.25) is 0 Å². The first-order chi connectivity index (χ1) is 11.0. The standard InChI is InChI=1S/C16H16N4O2S/c1-20(2)16-15(17-13-10-6-7-11-14(13)18-16)19-23(21,22)12-8-4-3-5-9-12/h3-11H,1-2H3,(H,17,19). The van der Waals surface area contributed by atoms with Gasteiger partial charge in [-0.3, -0.25) is 4.72 Å². The zero-order valence-corrected chi connectivity index (χ0v) is 13.6. The van der Waals surface area contributed by atoms with Crippen molar-refractivity contribution in [3.8, 4) is 0 Å². The molecule has 23 heavy (non-hydrogen) atoms. The maximum atomic E-state index is 12.5. The minimum absolute atomic E-state index is 0.180. The van der Waals surface area contributed by atoms with Gasteiger partial charge in [0.15, 0.2) is 11.6 Å². The molecule has 0 fully saturated rings. The Hall–Kier alpha value is -2.67. The highest BCUT2D eigenvalue weighted by Crippen LogP contribution is 2.25. The smallest absolute Gasteiger partial charge is 0.263 e. The average Bonchev–Trinajstić information content (AvgIpc) is 2.54. The lowest BCUT2D eigenvalue weighted by atomic mass is 10.3. The quantitative estimate of drug-likeness (QED) is 0.796. The normalized spacial score (nSPS) is 11.4. The van der Waals surface area contributed by atoms with Crippen LogP contribution < -0.4 is 9.62 Å². The van der Waals surface area contributed by atoms with Crippen molar-refractivity contribution in [1.29, 1.82) is 0 Å². The number of benzene rings is 2. The number of hydrogen-bond acceptors (Lipinski definition) is 5. The van der Waals surface area contributed by atoms with Crippen LogP contribution in [0.3, 0.4) is 0 Å². The van der Waals surface area contributed by atoms with Crippen molar-refractivity contribution in [3.05, 3.63) is 54.6 Å². The lowest BCUT2D eigenvalue weighted by Crippen LogP contribution is -2.19. The van der Waals surface area contributed by atoms with Crippen LogP contribution in [0.1, 0.15) is 0 Å². The molecular formula is C16H16N4O2S. The summed E-state index contributed by atoms with van der Waals surface area (Å²) in [6.07, 6.45) is 0. The van der Waals surface area contributed by atoms with Crippen LogP contribution in [0.5, 0.6) is 0 Å². The van der Waals surface area contributed by atoms with Gasteiger partial charge >= 0.3 is 0 Å². The number of para-hydroxylation sites is 2. The highest BCUT2D eigenvalue weighted by molar-refractivity contribution is 7.92. The van der Waals surface area contributed by atoms with E-state index in [-0.39, 0.29) is 10.7 Å². The molecule has 1 heterocycles. The lowest BCUT2D eigenvalue weighted by molar-refractivity contribution is 0.601. The Bertz CT molecular complexity index is 941. The molecule has 0 aliphatic carbocycles. The van der Waals surface area contributed by atoms with Crippen LogP contribution in [0.15, 0.2) is 59.5 Å². The van der Waals surface area contributed by atoms with Crippen molar-refractivity contribution in [2.75, 3.05) is 23.7 Å². The van der Waals surface area contributed by atoms with Gasteiger partial charge in [0.25, 0.3) is 10.0 Å². The Kier molecular flexibility index (Phi) is 3.87. The van der Waals surface area contributed by atoms with Crippen LogP contribution in [0.4, 0.5) is 11.6 Å². The SMILES string of the molecule is CN(C)c1nc2ccccc2nc1NS(=O)(=O)c1ccccc1. The fraction of sp³-hybridized carbons (Fsp3) is 0.125. The zero-order valence-electron chi connectivity index (χ0n) is 12.8. The fourth-order valence-electron chi connectivity index (χ4n) is 2.16. The van der Waals surface area contributed by atoms with Gasteiger partial charge in [-0.1, -0.05) is 30.3 Å². The molecule has 0 aliphatic heterocycles. The summed E-state index contributed by atoms with van der Waals surface area (Å²) < 4.78 is 27.6. The summed E-state index contributed by atoms with van der Waals surface area (Å²) in [5.74, 6) is 0.667. The minimum Gasteiger partial charge on any atom is -0.360 e. The van der Waals surface area contributed by atoms with Gasteiger partial charge in [-0.15, -0.1) is 0 Å². The summed E-state index contributed by atoms with van der Waals surface area (Å²) in [4.78, 5) is 10.8. The van der Waals surface area contributed by atoms with E-state index in [9.17, 15) is 8.42 Å². The molecule has 0 saturated carbocycles. The van der Waals surface area contributed by atoms with E-state index in [0.717, 1.165) is 0 Å². The molecule has 3 rings (SSSR count). The van der Waals surface area contributed by atoms with Gasteiger partial charge in [-0.05, 0) is 24.3 Å². The van der Waals surface area contributed by atoms with Gasteiger partial charge in [-0.2, -0.15) is 0 Å². The van der Waals surface area contributed by atoms with Crippen molar-refractivity contribution in [2.24, 2.45) is 0 Å². The number of aromatic nitrogens is 2. The molecule has 0 unspecified atom stereocenters. The van der Waals surface area contributed by atoms with Crippen molar-refractivity contribution < 1.29 is 8.42 Å². The van der Waals surface area contributed by atoms with Crippen LogP contribution >= 0.6 is 0 Å². The molecule has 7 heteroatoms. The van der Waals surface area contributed by atoms with E-state index < -0.39 is 10.0 Å². The van der Waals surface area contributed by atoms with Crippen LogP contribution in [-0.4, -0.2) is 32.5 Å². The maximum absolute atomic E-state index is 12.5. The largest absolute Gasteiger partial charge is 0.360 e. The molecule has 0 atom stereocenters. The third kappa shape index (κ3) is 3.09. The van der Waals surface area contributed by atoms with Gasteiger partial charge < -0.3 is 4.90 Å². The fourth-order valence-corrected chi connectivity index (χ4v) is 3.18. The second kappa shape index (κ2) is 5.85. The van der Waals surface area contributed by atoms with Crippen molar-refractivity contribution >= 4 is 32.7 Å². The van der Waals surface area contributed by atoms with Crippen molar-refractivity contribution in [2.45, 2.75) is 4.90 Å². The first-order valence-corrected chi connectivity index (χ1v) is 8.48. The Labute approximate surface area is 134 Å². The minimum atomic E-state index is -3.72. The van der Waals surface area contributed by atoms with Crippen LogP contribution in [-0.2, 0) is 10.0 Å². The van der Waals surface area contributed by atoms with Crippen LogP contribution in [0.25, 0.3) is 11.0 Å². The van der Waals surface area contributed by atoms with Gasteiger partial charge in [-0.25, -0.2) is 18.4 Å². The topological polar surface area (TPSA) is 75.2 Å². The van der Waals surface area contributed by atoms with Gasteiger partial charge in [0.1, 0.15) is 0 Å². The molecule has 1 aromatic heterocycles. The second-order valence-electron chi connectivity index (χ2n) is 5.20. The molecule has 0 amide bonds. The summed E-state index contributed by atoms with van der Waals surface area (Å²) in [5, 5.41) is 0. The number of fused-ring (bicyclic) bond motifs is 1. The molecule has 1 N–H and O–H groups in total. The molecule has 0 aliphatic rings. The summed E-state index contributed by atoms with van der Waals surface area (Å²) in [7, 11) is -0.136. The number of rotatable bonds is 4. The first-order valence-electron chi connectivity index (χ1n) is 6.99. The molecule has 0 spiro atoms. The zero-order chi connectivity index (χ0) is 16.4. The third-order valence-corrected chi connectivity index (χ3v) is 4.62. The number of sulfonamides is 1. The number of nitrogens with one attached hydrogen (secondary N) is 1. The molecule has 0 bridgehead atoms. The molecular weight excluding hydrogens is 312 g/mol. The number of anilines is 2. The molecule has 0 saturated heterocycles. The van der Waals surface area contributed by atoms with Gasteiger partial charge in [0.05, 0.1) is 15.9 Å². The molecule has 0 radical (unpaired) electrons. The van der Waals surface area contributed by atoms with Crippen LogP contribution in [0, 0.1) is 0 Å². The molecule has 2 aromatic carbocycles. The number of hydrogen-bond donors (Lipinski definition) is 1. The predicted octanol–water partition coefficient (Wildman–Crippen LogP) is 2.50. The van der Waals surface area contributed by atoms with Crippen molar-refractivity contribution in [3.63, 3.8) is 0 Å². The molecule has 3 aromatic rings. The summed E-state index contributed by atoms with van der Waals surface area (Å²) >= 11 is 0. The molecule has 118 valence electrons. The average molecular weight is 328 g/mol. The van der Waals surface area contributed by atoms with E-state index in [4.69, 9.17) is 0 Å². The van der Waals surface area contributed by atoms with Gasteiger partial charge in [0.2, 0.25) is 0 Å². The third-order valence-electron chi connectivity index (χ3n) is 3.26. The van der Waals surface area contributed by atoms with Crippen molar-refractivity contribution in [1.82, 2.24) is 9.97 Å². The lowest BCUT2D eigenvalue weighted by Gasteiger charge is -2.17.